The van der Waals surface area contributed by atoms with Gasteiger partial charge in [0.2, 0.25) is 0 Å². The second-order valence-corrected chi connectivity index (χ2v) is 4.34. The maximum Gasteiger partial charge on any atom is 0.122 e. The van der Waals surface area contributed by atoms with Crippen LogP contribution in [0.5, 0.6) is 11.5 Å². The molecule has 3 heteroatoms. The molecular formula is C15H25NO2. The zero-order chi connectivity index (χ0) is 13.2. The Hall–Kier alpha value is -1.22. The Morgan fingerprint density at radius 3 is 2.56 bits per heavy atom. The molecule has 0 unspecified atom stereocenters. The van der Waals surface area contributed by atoms with E-state index in [-0.39, 0.29) is 0 Å². The van der Waals surface area contributed by atoms with E-state index in [4.69, 9.17) is 9.47 Å². The minimum atomic E-state index is 0.901. The first-order valence-corrected chi connectivity index (χ1v) is 6.73. The fraction of sp³-hybridized carbons (Fsp3) is 0.600. The van der Waals surface area contributed by atoms with E-state index in [9.17, 15) is 0 Å². The minimum Gasteiger partial charge on any atom is -0.497 e. The van der Waals surface area contributed by atoms with Gasteiger partial charge in [-0.25, -0.2) is 0 Å². The SMILES string of the molecule is CCNCCCCCc1cc(OC)ccc1OC. The summed E-state index contributed by atoms with van der Waals surface area (Å²) in [5.74, 6) is 1.86. The highest BCUT2D eigenvalue weighted by molar-refractivity contribution is 5.40. The molecule has 0 heterocycles. The zero-order valence-corrected chi connectivity index (χ0v) is 11.8. The monoisotopic (exact) mass is 251 g/mol. The summed E-state index contributed by atoms with van der Waals surface area (Å²) in [6, 6.07) is 5.99. The Bertz CT molecular complexity index is 339. The summed E-state index contributed by atoms with van der Waals surface area (Å²) in [7, 11) is 3.42. The molecule has 0 aliphatic rings. The third-order valence-electron chi connectivity index (χ3n) is 3.04. The Morgan fingerprint density at radius 1 is 1.06 bits per heavy atom. The third kappa shape index (κ3) is 4.96. The Balaban J connectivity index is 2.39. The first-order chi connectivity index (χ1) is 8.81. The summed E-state index contributed by atoms with van der Waals surface area (Å²) < 4.78 is 10.6. The average Bonchev–Trinajstić information content (AvgIpc) is 2.42. The fourth-order valence-electron chi connectivity index (χ4n) is 2.00. The molecule has 0 aromatic heterocycles. The number of benzene rings is 1. The second kappa shape index (κ2) is 8.81. The van der Waals surface area contributed by atoms with Crippen LogP contribution in [0, 0.1) is 0 Å². The van der Waals surface area contributed by atoms with E-state index in [2.05, 4.69) is 18.3 Å². The van der Waals surface area contributed by atoms with Crippen molar-refractivity contribution in [3.05, 3.63) is 23.8 Å². The van der Waals surface area contributed by atoms with E-state index in [1.165, 1.54) is 24.8 Å². The van der Waals surface area contributed by atoms with Gasteiger partial charge in [-0.1, -0.05) is 13.3 Å². The molecule has 0 amide bonds. The smallest absolute Gasteiger partial charge is 0.122 e. The lowest BCUT2D eigenvalue weighted by Gasteiger charge is -2.10. The van der Waals surface area contributed by atoms with Gasteiger partial charge in [-0.05, 0) is 56.1 Å². The van der Waals surface area contributed by atoms with Gasteiger partial charge in [0.1, 0.15) is 11.5 Å². The van der Waals surface area contributed by atoms with Crippen molar-refractivity contribution >= 4 is 0 Å². The fourth-order valence-corrected chi connectivity index (χ4v) is 2.00. The van der Waals surface area contributed by atoms with Gasteiger partial charge in [0.25, 0.3) is 0 Å². The van der Waals surface area contributed by atoms with Crippen molar-refractivity contribution in [1.82, 2.24) is 5.32 Å². The van der Waals surface area contributed by atoms with Crippen LogP contribution in [0.4, 0.5) is 0 Å². The van der Waals surface area contributed by atoms with Crippen molar-refractivity contribution < 1.29 is 9.47 Å². The summed E-state index contributed by atoms with van der Waals surface area (Å²) in [6.45, 7) is 4.32. The molecule has 0 fully saturated rings. The first-order valence-electron chi connectivity index (χ1n) is 6.73. The molecule has 3 nitrogen and oxygen atoms in total. The van der Waals surface area contributed by atoms with Gasteiger partial charge in [0.05, 0.1) is 14.2 Å². The molecule has 1 aromatic rings. The molecule has 0 saturated heterocycles. The molecular weight excluding hydrogens is 226 g/mol. The van der Waals surface area contributed by atoms with E-state index in [0.29, 0.717) is 0 Å². The highest BCUT2D eigenvalue weighted by atomic mass is 16.5. The molecule has 0 atom stereocenters. The standard InChI is InChI=1S/C15H25NO2/c1-4-16-11-7-5-6-8-13-12-14(17-2)9-10-15(13)18-3/h9-10,12,16H,4-8,11H2,1-3H3. The lowest BCUT2D eigenvalue weighted by molar-refractivity contribution is 0.398. The number of nitrogens with one attached hydrogen (secondary N) is 1. The van der Waals surface area contributed by atoms with Gasteiger partial charge in [-0.2, -0.15) is 0 Å². The first kappa shape index (κ1) is 14.8. The number of rotatable bonds is 9. The molecule has 18 heavy (non-hydrogen) atoms. The summed E-state index contributed by atoms with van der Waals surface area (Å²) >= 11 is 0. The molecule has 0 saturated carbocycles. The van der Waals surface area contributed by atoms with Crippen LogP contribution in [-0.2, 0) is 6.42 Å². The van der Waals surface area contributed by atoms with Crippen LogP contribution in [0.3, 0.4) is 0 Å². The van der Waals surface area contributed by atoms with E-state index in [1.54, 1.807) is 14.2 Å². The maximum absolute atomic E-state index is 5.37. The predicted octanol–water partition coefficient (Wildman–Crippen LogP) is 3.03. The quantitative estimate of drug-likeness (QED) is 0.684. The number of hydrogen-bond acceptors (Lipinski definition) is 3. The molecule has 0 spiro atoms. The Morgan fingerprint density at radius 2 is 1.89 bits per heavy atom. The molecule has 0 aliphatic heterocycles. The topological polar surface area (TPSA) is 30.5 Å². The van der Waals surface area contributed by atoms with Crippen molar-refractivity contribution in [1.29, 1.82) is 0 Å². The molecule has 1 rings (SSSR count). The van der Waals surface area contributed by atoms with Gasteiger partial charge in [-0.3, -0.25) is 0 Å². The maximum atomic E-state index is 5.37. The highest BCUT2D eigenvalue weighted by Gasteiger charge is 2.04. The van der Waals surface area contributed by atoms with Gasteiger partial charge in [-0.15, -0.1) is 0 Å². The van der Waals surface area contributed by atoms with Gasteiger partial charge in [0, 0.05) is 0 Å². The van der Waals surface area contributed by atoms with E-state index in [1.807, 2.05) is 12.1 Å². The number of hydrogen-bond donors (Lipinski definition) is 1. The summed E-state index contributed by atoms with van der Waals surface area (Å²) in [6.07, 6.45) is 4.72. The normalized spacial score (nSPS) is 10.4. The molecule has 0 aliphatic carbocycles. The molecule has 0 radical (unpaired) electrons. The van der Waals surface area contributed by atoms with Crippen LogP contribution in [0.15, 0.2) is 18.2 Å². The van der Waals surface area contributed by atoms with Crippen molar-refractivity contribution in [2.24, 2.45) is 0 Å². The summed E-state index contributed by atoms with van der Waals surface area (Å²) in [5, 5.41) is 3.34. The van der Waals surface area contributed by atoms with Crippen LogP contribution in [-0.4, -0.2) is 27.3 Å². The number of ether oxygens (including phenoxy) is 2. The van der Waals surface area contributed by atoms with Gasteiger partial charge in [0.15, 0.2) is 0 Å². The highest BCUT2D eigenvalue weighted by Crippen LogP contribution is 2.25. The van der Waals surface area contributed by atoms with Crippen LogP contribution in [0.2, 0.25) is 0 Å². The van der Waals surface area contributed by atoms with Crippen molar-refractivity contribution in [2.75, 3.05) is 27.3 Å². The van der Waals surface area contributed by atoms with Crippen molar-refractivity contribution in [2.45, 2.75) is 32.6 Å². The largest absolute Gasteiger partial charge is 0.497 e. The van der Waals surface area contributed by atoms with Crippen LogP contribution in [0.1, 0.15) is 31.7 Å². The van der Waals surface area contributed by atoms with E-state index in [0.717, 1.165) is 31.0 Å². The number of unbranched alkanes of at least 4 members (excludes halogenated alkanes) is 2. The van der Waals surface area contributed by atoms with Crippen LogP contribution >= 0.6 is 0 Å². The van der Waals surface area contributed by atoms with Crippen molar-refractivity contribution in [3.63, 3.8) is 0 Å². The third-order valence-corrected chi connectivity index (χ3v) is 3.04. The summed E-state index contributed by atoms with van der Waals surface area (Å²) in [4.78, 5) is 0. The van der Waals surface area contributed by atoms with Crippen LogP contribution < -0.4 is 14.8 Å². The Kier molecular flexibility index (Phi) is 7.26. The molecule has 1 N–H and O–H groups in total. The minimum absolute atomic E-state index is 0.901. The van der Waals surface area contributed by atoms with Gasteiger partial charge >= 0.3 is 0 Å². The van der Waals surface area contributed by atoms with Crippen molar-refractivity contribution in [3.8, 4) is 11.5 Å². The zero-order valence-electron chi connectivity index (χ0n) is 11.8. The Labute approximate surface area is 110 Å². The molecule has 0 bridgehead atoms. The van der Waals surface area contributed by atoms with Gasteiger partial charge < -0.3 is 14.8 Å². The summed E-state index contributed by atoms with van der Waals surface area (Å²) in [5.41, 5.74) is 1.24. The lowest BCUT2D eigenvalue weighted by atomic mass is 10.1. The van der Waals surface area contributed by atoms with E-state index >= 15 is 0 Å². The molecule has 102 valence electrons. The average molecular weight is 251 g/mol. The number of aryl methyl sites for hydroxylation is 1. The number of methoxy groups -OCH3 is 2. The lowest BCUT2D eigenvalue weighted by Crippen LogP contribution is -2.13. The second-order valence-electron chi connectivity index (χ2n) is 4.34. The predicted molar refractivity (Wildman–Crippen MR) is 75.6 cm³/mol. The molecule has 1 aromatic carbocycles. The van der Waals surface area contributed by atoms with Crippen LogP contribution in [0.25, 0.3) is 0 Å². The van der Waals surface area contributed by atoms with E-state index < -0.39 is 0 Å².